The first-order valence-electron chi connectivity index (χ1n) is 6.37. The second-order valence-corrected chi connectivity index (χ2v) is 6.67. The third-order valence-electron chi connectivity index (χ3n) is 3.37. The van der Waals surface area contributed by atoms with Gasteiger partial charge in [-0.15, -0.1) is 11.3 Å². The summed E-state index contributed by atoms with van der Waals surface area (Å²) in [6.45, 7) is 2.02. The van der Waals surface area contributed by atoms with Gasteiger partial charge in [-0.05, 0) is 46.7 Å². The summed E-state index contributed by atoms with van der Waals surface area (Å²) in [6.07, 6.45) is 2.67. The number of hydrogen-bond donors (Lipinski definition) is 1. The van der Waals surface area contributed by atoms with Crippen molar-refractivity contribution in [2.24, 2.45) is 5.73 Å². The van der Waals surface area contributed by atoms with Crippen molar-refractivity contribution in [1.29, 1.82) is 0 Å². The first-order chi connectivity index (χ1) is 8.83. The van der Waals surface area contributed by atoms with Crippen LogP contribution >= 0.6 is 22.7 Å². The first kappa shape index (κ1) is 12.4. The average molecular weight is 278 g/mol. The summed E-state index contributed by atoms with van der Waals surface area (Å²) in [5.74, 6) is 0. The lowest BCUT2D eigenvalue weighted by atomic mass is 10.2. The van der Waals surface area contributed by atoms with E-state index < -0.39 is 0 Å². The molecule has 2 aromatic heterocycles. The molecule has 2 N–H and O–H groups in total. The van der Waals surface area contributed by atoms with Gasteiger partial charge in [-0.25, -0.2) is 0 Å². The molecule has 18 heavy (non-hydrogen) atoms. The minimum atomic E-state index is 0.157. The van der Waals surface area contributed by atoms with Crippen LogP contribution in [0, 0.1) is 0 Å². The third kappa shape index (κ3) is 3.01. The zero-order valence-corrected chi connectivity index (χ0v) is 11.9. The van der Waals surface area contributed by atoms with Gasteiger partial charge in [-0.1, -0.05) is 6.07 Å². The smallest absolute Gasteiger partial charge is 0.0519 e. The fourth-order valence-electron chi connectivity index (χ4n) is 2.24. The zero-order chi connectivity index (χ0) is 12.4. The molecule has 2 nitrogen and oxygen atoms in total. The monoisotopic (exact) mass is 278 g/mol. The maximum atomic E-state index is 6.31. The normalized spacial score (nSPS) is 17.2. The van der Waals surface area contributed by atoms with Gasteiger partial charge in [0.25, 0.3) is 0 Å². The molecule has 1 atom stereocenters. The maximum absolute atomic E-state index is 6.31. The van der Waals surface area contributed by atoms with Crippen molar-refractivity contribution in [3.05, 3.63) is 44.8 Å². The highest BCUT2D eigenvalue weighted by Gasteiger charge is 2.30. The summed E-state index contributed by atoms with van der Waals surface area (Å²) in [7, 11) is 0. The van der Waals surface area contributed by atoms with Gasteiger partial charge in [-0.3, -0.25) is 4.90 Å². The van der Waals surface area contributed by atoms with Crippen LogP contribution in [0.3, 0.4) is 0 Å². The van der Waals surface area contributed by atoms with Crippen LogP contribution in [0.25, 0.3) is 0 Å². The Balaban J connectivity index is 1.63. The van der Waals surface area contributed by atoms with Gasteiger partial charge in [0, 0.05) is 24.0 Å². The van der Waals surface area contributed by atoms with Crippen molar-refractivity contribution in [3.63, 3.8) is 0 Å². The number of hydrogen-bond acceptors (Lipinski definition) is 4. The van der Waals surface area contributed by atoms with Crippen molar-refractivity contribution in [1.82, 2.24) is 4.90 Å². The molecule has 0 bridgehead atoms. The topological polar surface area (TPSA) is 29.3 Å². The Morgan fingerprint density at radius 3 is 2.83 bits per heavy atom. The van der Waals surface area contributed by atoms with E-state index in [1.807, 2.05) is 0 Å². The van der Waals surface area contributed by atoms with E-state index in [0.717, 1.165) is 19.1 Å². The van der Waals surface area contributed by atoms with E-state index in [1.54, 1.807) is 22.7 Å². The SMILES string of the molecule is NC(CN(Cc1ccsc1)C1CC1)c1cccs1. The fourth-order valence-corrected chi connectivity index (χ4v) is 3.62. The molecular weight excluding hydrogens is 260 g/mol. The summed E-state index contributed by atoms with van der Waals surface area (Å²) in [6, 6.07) is 7.36. The standard InChI is InChI=1S/C14H18N2S2/c15-13(14-2-1-6-18-14)9-16(12-3-4-12)8-11-5-7-17-10-11/h1-2,5-7,10,12-13H,3-4,8-9,15H2. The molecule has 2 heterocycles. The van der Waals surface area contributed by atoms with Crippen LogP contribution in [0.15, 0.2) is 34.3 Å². The fraction of sp³-hybridized carbons (Fsp3) is 0.429. The molecule has 0 aromatic carbocycles. The maximum Gasteiger partial charge on any atom is 0.0519 e. The van der Waals surface area contributed by atoms with Crippen LogP contribution in [-0.4, -0.2) is 17.5 Å². The third-order valence-corrected chi connectivity index (χ3v) is 5.11. The van der Waals surface area contributed by atoms with E-state index in [9.17, 15) is 0 Å². The lowest BCUT2D eigenvalue weighted by Gasteiger charge is -2.24. The van der Waals surface area contributed by atoms with Gasteiger partial charge < -0.3 is 5.73 Å². The lowest BCUT2D eigenvalue weighted by molar-refractivity contribution is 0.240. The second-order valence-electron chi connectivity index (χ2n) is 4.91. The number of nitrogens with two attached hydrogens (primary N) is 1. The van der Waals surface area contributed by atoms with Gasteiger partial charge in [0.15, 0.2) is 0 Å². The highest BCUT2D eigenvalue weighted by Crippen LogP contribution is 2.30. The first-order valence-corrected chi connectivity index (χ1v) is 8.19. The molecule has 96 valence electrons. The molecule has 1 aliphatic carbocycles. The second kappa shape index (κ2) is 5.53. The summed E-state index contributed by atoms with van der Waals surface area (Å²) < 4.78 is 0. The van der Waals surface area contributed by atoms with Crippen molar-refractivity contribution in [2.75, 3.05) is 6.54 Å². The Labute approximate surface area is 116 Å². The molecule has 1 unspecified atom stereocenters. The Bertz CT molecular complexity index is 460. The lowest BCUT2D eigenvalue weighted by Crippen LogP contribution is -2.33. The summed E-state index contributed by atoms with van der Waals surface area (Å²) in [5, 5.41) is 6.50. The van der Waals surface area contributed by atoms with E-state index in [4.69, 9.17) is 5.73 Å². The molecule has 1 fully saturated rings. The van der Waals surface area contributed by atoms with Gasteiger partial charge in [0.2, 0.25) is 0 Å². The van der Waals surface area contributed by atoms with Crippen LogP contribution in [0.4, 0.5) is 0 Å². The van der Waals surface area contributed by atoms with Gasteiger partial charge in [-0.2, -0.15) is 11.3 Å². The zero-order valence-electron chi connectivity index (χ0n) is 10.3. The minimum Gasteiger partial charge on any atom is -0.322 e. The quantitative estimate of drug-likeness (QED) is 0.876. The number of nitrogens with zero attached hydrogens (tertiary/aromatic N) is 1. The average Bonchev–Trinajstić information content (AvgIpc) is 2.88. The molecule has 2 aromatic rings. The number of thiophene rings is 2. The van der Waals surface area contributed by atoms with Crippen molar-refractivity contribution in [2.45, 2.75) is 31.5 Å². The predicted molar refractivity (Wildman–Crippen MR) is 79.0 cm³/mol. The molecule has 0 aliphatic heterocycles. The summed E-state index contributed by atoms with van der Waals surface area (Å²) in [5.41, 5.74) is 7.73. The van der Waals surface area contributed by atoms with Crippen molar-refractivity contribution < 1.29 is 0 Å². The Morgan fingerprint density at radius 1 is 1.33 bits per heavy atom. The van der Waals surface area contributed by atoms with Gasteiger partial charge in [0.1, 0.15) is 0 Å². The molecule has 0 saturated heterocycles. The Kier molecular flexibility index (Phi) is 3.80. The highest BCUT2D eigenvalue weighted by molar-refractivity contribution is 7.10. The van der Waals surface area contributed by atoms with Gasteiger partial charge in [0.05, 0.1) is 6.04 Å². The minimum absolute atomic E-state index is 0.157. The van der Waals surface area contributed by atoms with Gasteiger partial charge >= 0.3 is 0 Å². The predicted octanol–water partition coefficient (Wildman–Crippen LogP) is 3.47. The van der Waals surface area contributed by atoms with Crippen LogP contribution < -0.4 is 5.73 Å². The highest BCUT2D eigenvalue weighted by atomic mass is 32.1. The largest absolute Gasteiger partial charge is 0.322 e. The van der Waals surface area contributed by atoms with E-state index in [1.165, 1.54) is 23.3 Å². The summed E-state index contributed by atoms with van der Waals surface area (Å²) in [4.78, 5) is 3.85. The van der Waals surface area contributed by atoms with Crippen LogP contribution in [0.5, 0.6) is 0 Å². The van der Waals surface area contributed by atoms with Crippen LogP contribution in [0.1, 0.15) is 29.3 Å². The molecule has 0 spiro atoms. The van der Waals surface area contributed by atoms with Crippen LogP contribution in [-0.2, 0) is 6.54 Å². The Morgan fingerprint density at radius 2 is 2.22 bits per heavy atom. The van der Waals surface area contributed by atoms with Crippen molar-refractivity contribution in [3.8, 4) is 0 Å². The molecule has 1 aliphatic rings. The molecule has 3 rings (SSSR count). The molecular formula is C14H18N2S2. The summed E-state index contributed by atoms with van der Waals surface area (Å²) >= 11 is 3.54. The van der Waals surface area contributed by atoms with Crippen molar-refractivity contribution >= 4 is 22.7 Å². The molecule has 0 amide bonds. The van der Waals surface area contributed by atoms with Crippen LogP contribution in [0.2, 0.25) is 0 Å². The van der Waals surface area contributed by atoms with E-state index >= 15 is 0 Å². The van der Waals surface area contributed by atoms with E-state index in [-0.39, 0.29) is 6.04 Å². The Hall–Kier alpha value is -0.680. The molecule has 1 saturated carbocycles. The van der Waals surface area contributed by atoms with E-state index in [2.05, 4.69) is 39.2 Å². The van der Waals surface area contributed by atoms with E-state index in [0.29, 0.717) is 0 Å². The molecule has 0 radical (unpaired) electrons. The number of rotatable bonds is 6. The molecule has 4 heteroatoms.